The van der Waals surface area contributed by atoms with Crippen LogP contribution in [0.4, 0.5) is 0 Å². The van der Waals surface area contributed by atoms with Crippen LogP contribution in [0.1, 0.15) is 355 Å². The van der Waals surface area contributed by atoms with E-state index in [9.17, 15) is 14.4 Å². The summed E-state index contributed by atoms with van der Waals surface area (Å²) in [7, 11) is 0. The molecule has 0 saturated carbocycles. The molecule has 6 nitrogen and oxygen atoms in total. The molecule has 0 aliphatic rings. The molecule has 0 aliphatic carbocycles. The van der Waals surface area contributed by atoms with E-state index >= 15 is 0 Å². The smallest absolute Gasteiger partial charge is 0.306 e. The normalized spacial score (nSPS) is 12.5. The fraction of sp³-hybridized carbons (Fsp3) is 0.795. The SMILES string of the molecule is CC/C=C\C/C=C\C/C=C\C/C=C\CCCCCCCCCCCCCCCCCCCCCCCCC(=O)OCC(COC(=O)CCCCCCCCCCCCC)OC(=O)CCCCCCC/C=C\C/C=C\CCCCC. The molecule has 0 rings (SSSR count). The van der Waals surface area contributed by atoms with E-state index in [-0.39, 0.29) is 31.1 Å². The van der Waals surface area contributed by atoms with Crippen molar-refractivity contribution in [3.05, 3.63) is 72.9 Å². The summed E-state index contributed by atoms with van der Waals surface area (Å²) in [6.45, 7) is 6.52. The van der Waals surface area contributed by atoms with Gasteiger partial charge in [0.05, 0.1) is 0 Å². The summed E-state index contributed by atoms with van der Waals surface area (Å²) in [6.07, 6.45) is 88.0. The van der Waals surface area contributed by atoms with E-state index < -0.39 is 6.10 Å². The number of hydrogen-bond donors (Lipinski definition) is 0. The third-order valence-electron chi connectivity index (χ3n) is 15.2. The lowest BCUT2D eigenvalue weighted by Gasteiger charge is -2.18. The lowest BCUT2D eigenvalue weighted by molar-refractivity contribution is -0.167. The molecule has 79 heavy (non-hydrogen) atoms. The second-order valence-electron chi connectivity index (χ2n) is 23.1. The van der Waals surface area contributed by atoms with Crippen LogP contribution in [-0.2, 0) is 28.6 Å². The number of carbonyl (C=O) groups is 3. The predicted molar refractivity (Wildman–Crippen MR) is 344 cm³/mol. The number of hydrogen-bond acceptors (Lipinski definition) is 6. The minimum absolute atomic E-state index is 0.0750. The van der Waals surface area contributed by atoms with Gasteiger partial charge in [-0.1, -0.05) is 318 Å². The van der Waals surface area contributed by atoms with E-state index in [2.05, 4.69) is 93.7 Å². The van der Waals surface area contributed by atoms with Crippen molar-refractivity contribution in [3.63, 3.8) is 0 Å². The molecule has 0 amide bonds. The van der Waals surface area contributed by atoms with Crippen LogP contribution in [0.2, 0.25) is 0 Å². The van der Waals surface area contributed by atoms with Crippen molar-refractivity contribution < 1.29 is 28.6 Å². The summed E-state index contributed by atoms with van der Waals surface area (Å²) < 4.78 is 16.9. The molecular weight excluding hydrogens is 973 g/mol. The van der Waals surface area contributed by atoms with Crippen molar-refractivity contribution >= 4 is 17.9 Å². The second kappa shape index (κ2) is 67.4. The Labute approximate surface area is 491 Å². The standard InChI is InChI=1S/C73H130O6/c1-4-7-10-13-16-19-22-24-26-27-28-29-30-31-32-33-34-35-36-37-38-39-40-41-42-43-44-45-47-48-51-54-57-60-63-66-72(75)78-69-70(68-77-71(74)65-62-59-56-53-50-21-18-15-12-9-6-3)79-73(76)67-64-61-58-55-52-49-46-25-23-20-17-14-11-8-5-2/h7,10,16-17,19-20,24-26,28-29,46,70H,4-6,8-9,11-15,18,21-23,27,30-45,47-69H2,1-3H3/b10-7-,19-16-,20-17-,26-24-,29-28-,46-25-. The van der Waals surface area contributed by atoms with E-state index in [1.54, 1.807) is 0 Å². The molecule has 0 bridgehead atoms. The average Bonchev–Trinajstić information content (AvgIpc) is 3.45. The van der Waals surface area contributed by atoms with Gasteiger partial charge in [0, 0.05) is 19.3 Å². The van der Waals surface area contributed by atoms with Gasteiger partial charge in [-0.3, -0.25) is 14.4 Å². The molecule has 0 heterocycles. The molecule has 6 heteroatoms. The van der Waals surface area contributed by atoms with Crippen LogP contribution in [0, 0.1) is 0 Å². The molecule has 0 aromatic heterocycles. The summed E-state index contributed by atoms with van der Waals surface area (Å²) in [6, 6.07) is 0. The minimum atomic E-state index is -0.778. The summed E-state index contributed by atoms with van der Waals surface area (Å²) in [5.41, 5.74) is 0. The lowest BCUT2D eigenvalue weighted by Crippen LogP contribution is -2.30. The van der Waals surface area contributed by atoms with Crippen molar-refractivity contribution in [1.82, 2.24) is 0 Å². The van der Waals surface area contributed by atoms with E-state index in [1.807, 2.05) is 0 Å². The lowest BCUT2D eigenvalue weighted by atomic mass is 10.0. The van der Waals surface area contributed by atoms with Crippen molar-refractivity contribution in [2.75, 3.05) is 13.2 Å². The summed E-state index contributed by atoms with van der Waals surface area (Å²) in [5.74, 6) is -0.870. The van der Waals surface area contributed by atoms with Crippen LogP contribution < -0.4 is 0 Å². The number of allylic oxidation sites excluding steroid dienone is 12. The number of rotatable bonds is 63. The van der Waals surface area contributed by atoms with Gasteiger partial charge < -0.3 is 14.2 Å². The van der Waals surface area contributed by atoms with Gasteiger partial charge >= 0.3 is 17.9 Å². The first-order valence-electron chi connectivity index (χ1n) is 34.4. The van der Waals surface area contributed by atoms with Crippen molar-refractivity contribution in [2.24, 2.45) is 0 Å². The Bertz CT molecular complexity index is 1450. The average molecular weight is 1100 g/mol. The second-order valence-corrected chi connectivity index (χ2v) is 23.1. The Morgan fingerprint density at radius 2 is 0.494 bits per heavy atom. The van der Waals surface area contributed by atoms with E-state index in [0.29, 0.717) is 19.3 Å². The number of carbonyl (C=O) groups excluding carboxylic acids is 3. The topological polar surface area (TPSA) is 78.9 Å². The monoisotopic (exact) mass is 1100 g/mol. The van der Waals surface area contributed by atoms with Crippen LogP contribution in [0.15, 0.2) is 72.9 Å². The van der Waals surface area contributed by atoms with Gasteiger partial charge in [-0.25, -0.2) is 0 Å². The largest absolute Gasteiger partial charge is 0.462 e. The Hall–Kier alpha value is -3.15. The van der Waals surface area contributed by atoms with Crippen molar-refractivity contribution in [3.8, 4) is 0 Å². The zero-order chi connectivity index (χ0) is 57.1. The Kier molecular flexibility index (Phi) is 64.7. The first-order valence-corrected chi connectivity index (χ1v) is 34.4. The maximum atomic E-state index is 12.9. The van der Waals surface area contributed by atoms with Crippen LogP contribution >= 0.6 is 0 Å². The Balaban J connectivity index is 4.04. The fourth-order valence-electron chi connectivity index (χ4n) is 10.1. The minimum Gasteiger partial charge on any atom is -0.462 e. The summed E-state index contributed by atoms with van der Waals surface area (Å²) >= 11 is 0. The highest BCUT2D eigenvalue weighted by Crippen LogP contribution is 2.18. The Morgan fingerprint density at radius 1 is 0.266 bits per heavy atom. The van der Waals surface area contributed by atoms with Gasteiger partial charge in [0.15, 0.2) is 6.10 Å². The van der Waals surface area contributed by atoms with E-state index in [0.717, 1.165) is 109 Å². The van der Waals surface area contributed by atoms with Crippen LogP contribution in [0.5, 0.6) is 0 Å². The van der Waals surface area contributed by atoms with Crippen LogP contribution in [0.25, 0.3) is 0 Å². The molecule has 1 unspecified atom stereocenters. The molecule has 0 saturated heterocycles. The van der Waals surface area contributed by atoms with Gasteiger partial charge in [-0.2, -0.15) is 0 Å². The van der Waals surface area contributed by atoms with E-state index in [1.165, 1.54) is 205 Å². The van der Waals surface area contributed by atoms with E-state index in [4.69, 9.17) is 14.2 Å². The summed E-state index contributed by atoms with van der Waals surface area (Å²) in [4.78, 5) is 38.2. The molecule has 0 spiro atoms. The highest BCUT2D eigenvalue weighted by Gasteiger charge is 2.19. The third-order valence-corrected chi connectivity index (χ3v) is 15.2. The van der Waals surface area contributed by atoms with Gasteiger partial charge in [-0.15, -0.1) is 0 Å². The van der Waals surface area contributed by atoms with Crippen molar-refractivity contribution in [1.29, 1.82) is 0 Å². The molecule has 1 atom stereocenters. The molecular formula is C73H130O6. The van der Waals surface area contributed by atoms with Crippen LogP contribution in [-0.4, -0.2) is 37.2 Å². The molecule has 0 fully saturated rings. The highest BCUT2D eigenvalue weighted by atomic mass is 16.6. The van der Waals surface area contributed by atoms with Gasteiger partial charge in [0.1, 0.15) is 13.2 Å². The third kappa shape index (κ3) is 65.5. The quantitative estimate of drug-likeness (QED) is 0.0261. The molecule has 0 radical (unpaired) electrons. The number of esters is 3. The zero-order valence-electron chi connectivity index (χ0n) is 52.6. The highest BCUT2D eigenvalue weighted by molar-refractivity contribution is 5.71. The first-order chi connectivity index (χ1) is 39.0. The molecule has 458 valence electrons. The predicted octanol–water partition coefficient (Wildman–Crippen LogP) is 23.7. The summed E-state index contributed by atoms with van der Waals surface area (Å²) in [5, 5.41) is 0. The molecule has 0 aromatic carbocycles. The van der Waals surface area contributed by atoms with Gasteiger partial charge in [0.2, 0.25) is 0 Å². The van der Waals surface area contributed by atoms with Crippen LogP contribution in [0.3, 0.4) is 0 Å². The molecule has 0 aromatic rings. The fourth-order valence-corrected chi connectivity index (χ4v) is 10.1. The zero-order valence-corrected chi connectivity index (χ0v) is 52.6. The Morgan fingerprint density at radius 3 is 0.797 bits per heavy atom. The van der Waals surface area contributed by atoms with Gasteiger partial charge in [0.25, 0.3) is 0 Å². The first kappa shape index (κ1) is 75.8. The maximum Gasteiger partial charge on any atom is 0.306 e. The molecule has 0 aliphatic heterocycles. The van der Waals surface area contributed by atoms with Crippen molar-refractivity contribution in [2.45, 2.75) is 361 Å². The maximum absolute atomic E-state index is 12.9. The number of ether oxygens (including phenoxy) is 3. The molecule has 0 N–H and O–H groups in total. The van der Waals surface area contributed by atoms with Gasteiger partial charge in [-0.05, 0) is 89.9 Å². The number of unbranched alkanes of at least 4 members (excludes halogenated alkanes) is 40.